The van der Waals surface area contributed by atoms with Crippen LogP contribution in [-0.2, 0) is 17.8 Å². The Labute approximate surface area is 138 Å². The van der Waals surface area contributed by atoms with E-state index in [0.29, 0.717) is 11.0 Å². The Morgan fingerprint density at radius 2 is 2.18 bits per heavy atom. The van der Waals surface area contributed by atoms with Gasteiger partial charge in [-0.3, -0.25) is 4.79 Å². The molecule has 1 atom stereocenters. The van der Waals surface area contributed by atoms with Gasteiger partial charge in [0, 0.05) is 24.5 Å². The van der Waals surface area contributed by atoms with Crippen LogP contribution >= 0.6 is 23.1 Å². The average molecular weight is 339 g/mol. The molecule has 0 saturated carbocycles. The van der Waals surface area contributed by atoms with Crippen molar-refractivity contribution in [2.75, 3.05) is 5.32 Å². The number of anilines is 1. The highest BCUT2D eigenvalue weighted by Gasteiger charge is 2.20. The zero-order chi connectivity index (χ0) is 16.1. The van der Waals surface area contributed by atoms with E-state index in [1.807, 2.05) is 12.3 Å². The molecule has 0 bridgehead atoms. The van der Waals surface area contributed by atoms with E-state index in [2.05, 4.69) is 45.8 Å². The number of nitrogens with zero attached hydrogens (tertiary/aromatic N) is 4. The summed E-state index contributed by atoms with van der Waals surface area (Å²) in [5.41, 5.74) is 0. The van der Waals surface area contributed by atoms with Crippen LogP contribution in [0.15, 0.2) is 16.7 Å². The molecule has 120 valence electrons. The molecule has 2 aromatic heterocycles. The highest BCUT2D eigenvalue weighted by Crippen LogP contribution is 2.24. The Morgan fingerprint density at radius 1 is 1.41 bits per heavy atom. The van der Waals surface area contributed by atoms with Crippen LogP contribution in [0.25, 0.3) is 0 Å². The number of aromatic nitrogens is 4. The highest BCUT2D eigenvalue weighted by atomic mass is 32.2. The Hall–Kier alpha value is -1.41. The van der Waals surface area contributed by atoms with Crippen molar-refractivity contribution in [3.63, 3.8) is 0 Å². The molecule has 0 saturated heterocycles. The van der Waals surface area contributed by atoms with Crippen LogP contribution < -0.4 is 5.32 Å². The quantitative estimate of drug-likeness (QED) is 0.785. The van der Waals surface area contributed by atoms with Gasteiger partial charge >= 0.3 is 0 Å². The van der Waals surface area contributed by atoms with Crippen LogP contribution in [0.2, 0.25) is 0 Å². The van der Waals surface area contributed by atoms with E-state index in [1.165, 1.54) is 23.1 Å². The average Bonchev–Trinajstić information content (AvgIpc) is 3.09. The Morgan fingerprint density at radius 3 is 2.77 bits per heavy atom. The molecule has 0 aromatic carbocycles. The van der Waals surface area contributed by atoms with Crippen molar-refractivity contribution in [3.8, 4) is 0 Å². The topological polar surface area (TPSA) is 72.7 Å². The normalized spacial score (nSPS) is 12.6. The first-order valence-corrected chi connectivity index (χ1v) is 9.06. The van der Waals surface area contributed by atoms with Crippen LogP contribution in [0.4, 0.5) is 5.13 Å². The van der Waals surface area contributed by atoms with E-state index in [9.17, 15) is 4.79 Å². The lowest BCUT2D eigenvalue weighted by Crippen LogP contribution is -2.23. The van der Waals surface area contributed by atoms with E-state index in [0.717, 1.165) is 23.9 Å². The molecule has 0 fully saturated rings. The molecule has 0 aliphatic heterocycles. The summed E-state index contributed by atoms with van der Waals surface area (Å²) in [6.45, 7) is 9.11. The summed E-state index contributed by atoms with van der Waals surface area (Å²) in [5.74, 6) is 1.39. The van der Waals surface area contributed by atoms with Crippen LogP contribution in [0, 0.1) is 5.92 Å². The molecular weight excluding hydrogens is 318 g/mol. The summed E-state index contributed by atoms with van der Waals surface area (Å²) < 4.78 is 2.11. The molecule has 0 aliphatic carbocycles. The second-order valence-corrected chi connectivity index (χ2v) is 7.55. The van der Waals surface area contributed by atoms with E-state index in [1.54, 1.807) is 6.20 Å². The lowest BCUT2D eigenvalue weighted by atomic mass is 10.2. The molecule has 6 nitrogen and oxygen atoms in total. The third-order valence-corrected chi connectivity index (χ3v) is 4.74. The molecule has 0 radical (unpaired) electrons. The lowest BCUT2D eigenvalue weighted by molar-refractivity contribution is -0.115. The minimum Gasteiger partial charge on any atom is -0.306 e. The zero-order valence-corrected chi connectivity index (χ0v) is 14.9. The molecule has 1 amide bonds. The summed E-state index contributed by atoms with van der Waals surface area (Å²) in [6, 6.07) is 0. The number of nitrogens with one attached hydrogen (secondary N) is 1. The number of thiazole rings is 1. The third-order valence-electron chi connectivity index (χ3n) is 2.97. The minimum atomic E-state index is -0.260. The smallest absolute Gasteiger partial charge is 0.239 e. The van der Waals surface area contributed by atoms with Gasteiger partial charge in [-0.25, -0.2) is 4.98 Å². The predicted octanol–water partition coefficient (Wildman–Crippen LogP) is 3.07. The molecule has 2 rings (SSSR count). The monoisotopic (exact) mass is 339 g/mol. The maximum Gasteiger partial charge on any atom is 0.239 e. The fraction of sp³-hybridized carbons (Fsp3) is 0.571. The Kier molecular flexibility index (Phi) is 5.96. The van der Waals surface area contributed by atoms with Crippen LogP contribution in [0.1, 0.15) is 33.5 Å². The number of rotatable bonds is 7. The third kappa shape index (κ3) is 4.30. The number of hydrogen-bond donors (Lipinski definition) is 1. The van der Waals surface area contributed by atoms with E-state index >= 15 is 0 Å². The molecule has 2 aromatic rings. The minimum absolute atomic E-state index is 0.0721. The predicted molar refractivity (Wildman–Crippen MR) is 90.3 cm³/mol. The van der Waals surface area contributed by atoms with Crippen molar-refractivity contribution >= 4 is 34.1 Å². The van der Waals surface area contributed by atoms with Crippen LogP contribution in [0.3, 0.4) is 0 Å². The van der Waals surface area contributed by atoms with Crippen molar-refractivity contribution in [3.05, 3.63) is 17.4 Å². The number of carbonyl (C=O) groups is 1. The largest absolute Gasteiger partial charge is 0.306 e. The summed E-state index contributed by atoms with van der Waals surface area (Å²) in [5, 5.41) is 14.3. The van der Waals surface area contributed by atoms with Crippen LogP contribution in [-0.4, -0.2) is 30.9 Å². The van der Waals surface area contributed by atoms with Gasteiger partial charge in [0.25, 0.3) is 0 Å². The number of thioether (sulfide) groups is 1. The van der Waals surface area contributed by atoms with Gasteiger partial charge in [0.2, 0.25) is 5.91 Å². The van der Waals surface area contributed by atoms with Gasteiger partial charge in [-0.15, -0.1) is 21.5 Å². The second kappa shape index (κ2) is 7.73. The second-order valence-electron chi connectivity index (χ2n) is 5.34. The van der Waals surface area contributed by atoms with Gasteiger partial charge in [0.05, 0.1) is 5.25 Å². The molecule has 0 aliphatic rings. The molecule has 1 unspecified atom stereocenters. The van der Waals surface area contributed by atoms with Gasteiger partial charge in [-0.05, 0) is 12.8 Å². The summed E-state index contributed by atoms with van der Waals surface area (Å²) in [4.78, 5) is 16.3. The van der Waals surface area contributed by atoms with Gasteiger partial charge in [0.1, 0.15) is 5.82 Å². The van der Waals surface area contributed by atoms with Crippen molar-refractivity contribution in [2.45, 2.75) is 51.1 Å². The lowest BCUT2D eigenvalue weighted by Gasteiger charge is -2.14. The van der Waals surface area contributed by atoms with Gasteiger partial charge < -0.3 is 9.88 Å². The van der Waals surface area contributed by atoms with E-state index < -0.39 is 0 Å². The van der Waals surface area contributed by atoms with Gasteiger partial charge in [-0.2, -0.15) is 0 Å². The van der Waals surface area contributed by atoms with Crippen molar-refractivity contribution in [1.29, 1.82) is 0 Å². The molecular formula is C14H21N5OS2. The zero-order valence-electron chi connectivity index (χ0n) is 13.2. The standard InChI is InChI=1S/C14H21N5OS2/c1-5-11-17-18-14(19(11)8-9(2)3)22-10(4)12(20)16-13-15-6-7-21-13/h6-7,9-10H,5,8H2,1-4H3,(H,15,16,20). The number of hydrogen-bond acceptors (Lipinski definition) is 6. The summed E-state index contributed by atoms with van der Waals surface area (Å²) >= 11 is 2.84. The number of amides is 1. The highest BCUT2D eigenvalue weighted by molar-refractivity contribution is 8.00. The van der Waals surface area contributed by atoms with Crippen LogP contribution in [0.5, 0.6) is 0 Å². The number of carbonyl (C=O) groups excluding carboxylic acids is 1. The fourth-order valence-electron chi connectivity index (χ4n) is 1.92. The van der Waals surface area contributed by atoms with Crippen molar-refractivity contribution in [1.82, 2.24) is 19.7 Å². The number of aryl methyl sites for hydroxylation is 1. The first kappa shape index (κ1) is 17.0. The van der Waals surface area contributed by atoms with E-state index in [4.69, 9.17) is 0 Å². The first-order valence-electron chi connectivity index (χ1n) is 7.30. The molecule has 2 heterocycles. The first-order chi connectivity index (χ1) is 10.5. The summed E-state index contributed by atoms with van der Waals surface area (Å²) in [7, 11) is 0. The van der Waals surface area contributed by atoms with Crippen molar-refractivity contribution < 1.29 is 4.79 Å². The maximum absolute atomic E-state index is 12.2. The Balaban J connectivity index is 2.05. The molecule has 22 heavy (non-hydrogen) atoms. The summed E-state index contributed by atoms with van der Waals surface area (Å²) in [6.07, 6.45) is 2.50. The fourth-order valence-corrected chi connectivity index (χ4v) is 3.33. The maximum atomic E-state index is 12.2. The van der Waals surface area contributed by atoms with Crippen molar-refractivity contribution in [2.24, 2.45) is 5.92 Å². The molecule has 0 spiro atoms. The Bertz CT molecular complexity index is 609. The molecule has 8 heteroatoms. The SMILES string of the molecule is CCc1nnc(SC(C)C(=O)Nc2nccs2)n1CC(C)C. The van der Waals surface area contributed by atoms with Gasteiger partial charge in [-0.1, -0.05) is 32.5 Å². The van der Waals surface area contributed by atoms with Gasteiger partial charge in [0.15, 0.2) is 10.3 Å². The van der Waals surface area contributed by atoms with E-state index in [-0.39, 0.29) is 11.2 Å². The molecule has 1 N–H and O–H groups in total.